The van der Waals surface area contributed by atoms with Crippen LogP contribution in [0.2, 0.25) is 5.02 Å². The molecule has 0 aromatic heterocycles. The lowest BCUT2D eigenvalue weighted by Crippen LogP contribution is -2.52. The summed E-state index contributed by atoms with van der Waals surface area (Å²) in [5, 5.41) is 4.17. The van der Waals surface area contributed by atoms with Crippen molar-refractivity contribution in [2.75, 3.05) is 32.4 Å². The molecule has 1 aromatic carbocycles. The summed E-state index contributed by atoms with van der Waals surface area (Å²) < 4.78 is 24.0. The van der Waals surface area contributed by atoms with Gasteiger partial charge < -0.3 is 5.32 Å². The third-order valence-corrected chi connectivity index (χ3v) is 5.17. The van der Waals surface area contributed by atoms with Crippen LogP contribution in [0.4, 0.5) is 0 Å². The largest absolute Gasteiger partial charge is 0.316 e. The van der Waals surface area contributed by atoms with Crippen LogP contribution in [0, 0.1) is 5.92 Å². The van der Waals surface area contributed by atoms with Crippen LogP contribution in [0.1, 0.15) is 18.4 Å². The molecular weight excluding hydrogens is 296 g/mol. The molecule has 0 saturated carbocycles. The monoisotopic (exact) mass is 316 g/mol. The number of hydrogen-bond donors (Lipinski definition) is 1. The normalized spacial score (nSPS) is 18.8. The average molecular weight is 317 g/mol. The fourth-order valence-corrected chi connectivity index (χ4v) is 3.52. The van der Waals surface area contributed by atoms with Crippen molar-refractivity contribution in [3.8, 4) is 0 Å². The predicted molar refractivity (Wildman–Crippen MR) is 82.6 cm³/mol. The van der Waals surface area contributed by atoms with E-state index in [4.69, 9.17) is 11.6 Å². The van der Waals surface area contributed by atoms with Crippen molar-refractivity contribution >= 4 is 21.6 Å². The van der Waals surface area contributed by atoms with Crippen molar-refractivity contribution in [3.05, 3.63) is 34.9 Å². The summed E-state index contributed by atoms with van der Waals surface area (Å²) in [6, 6.07) is 7.90. The minimum absolute atomic E-state index is 0.389. The van der Waals surface area contributed by atoms with E-state index in [1.165, 1.54) is 16.1 Å². The van der Waals surface area contributed by atoms with Crippen LogP contribution in [-0.4, -0.2) is 45.2 Å². The lowest BCUT2D eigenvalue weighted by molar-refractivity contribution is 0.197. The van der Waals surface area contributed by atoms with Crippen LogP contribution in [0.25, 0.3) is 0 Å². The van der Waals surface area contributed by atoms with Gasteiger partial charge >= 0.3 is 0 Å². The molecule has 1 saturated heterocycles. The lowest BCUT2D eigenvalue weighted by atomic mass is 10.00. The van der Waals surface area contributed by atoms with Gasteiger partial charge in [-0.05, 0) is 29.5 Å². The zero-order valence-corrected chi connectivity index (χ0v) is 13.4. The Hall–Kier alpha value is -0.620. The van der Waals surface area contributed by atoms with E-state index < -0.39 is 10.0 Å². The Morgan fingerprint density at radius 2 is 2.15 bits per heavy atom. The van der Waals surface area contributed by atoms with Gasteiger partial charge in [-0.25, -0.2) is 12.7 Å². The molecule has 2 rings (SSSR count). The van der Waals surface area contributed by atoms with Crippen molar-refractivity contribution in [1.82, 2.24) is 9.62 Å². The first kappa shape index (κ1) is 15.8. The van der Waals surface area contributed by atoms with E-state index in [1.54, 1.807) is 0 Å². The Morgan fingerprint density at radius 1 is 1.45 bits per heavy atom. The van der Waals surface area contributed by atoms with Gasteiger partial charge in [-0.1, -0.05) is 30.7 Å². The van der Waals surface area contributed by atoms with Gasteiger partial charge in [0.1, 0.15) is 0 Å². The van der Waals surface area contributed by atoms with Crippen molar-refractivity contribution in [2.45, 2.75) is 12.8 Å². The molecule has 0 unspecified atom stereocenters. The number of benzene rings is 1. The summed E-state index contributed by atoms with van der Waals surface area (Å²) in [6.07, 6.45) is 1.26. The molecule has 0 radical (unpaired) electrons. The number of rotatable bonds is 6. The first-order valence-electron chi connectivity index (χ1n) is 6.77. The molecule has 1 aromatic rings. The third kappa shape index (κ3) is 4.19. The maximum Gasteiger partial charge on any atom is 0.211 e. The van der Waals surface area contributed by atoms with Gasteiger partial charge in [-0.2, -0.15) is 0 Å². The predicted octanol–water partition coefficient (Wildman–Crippen LogP) is 1.92. The molecule has 1 aliphatic rings. The Morgan fingerprint density at radius 3 is 2.75 bits per heavy atom. The van der Waals surface area contributed by atoms with Crippen molar-refractivity contribution in [3.63, 3.8) is 0 Å². The number of nitrogens with zero attached hydrogens (tertiary/aromatic N) is 1. The van der Waals surface area contributed by atoms with Crippen LogP contribution in [-0.2, 0) is 10.0 Å². The minimum atomic E-state index is -3.00. The smallest absolute Gasteiger partial charge is 0.211 e. The molecule has 0 bridgehead atoms. The number of sulfonamides is 1. The van der Waals surface area contributed by atoms with Crippen LogP contribution in [0.5, 0.6) is 0 Å². The van der Waals surface area contributed by atoms with Crippen LogP contribution in [0.3, 0.4) is 0 Å². The highest BCUT2D eigenvalue weighted by Gasteiger charge is 2.32. The molecule has 1 heterocycles. The molecule has 1 fully saturated rings. The molecule has 0 aliphatic carbocycles. The molecule has 112 valence electrons. The van der Waals surface area contributed by atoms with Gasteiger partial charge in [0.05, 0.1) is 6.26 Å². The van der Waals surface area contributed by atoms with Gasteiger partial charge in [-0.15, -0.1) is 0 Å². The molecule has 0 spiro atoms. The van der Waals surface area contributed by atoms with E-state index in [0.29, 0.717) is 24.9 Å². The quantitative estimate of drug-likeness (QED) is 0.872. The molecule has 1 atom stereocenters. The Kier molecular flexibility index (Phi) is 5.07. The summed E-state index contributed by atoms with van der Waals surface area (Å²) >= 11 is 5.98. The van der Waals surface area contributed by atoms with E-state index in [-0.39, 0.29) is 0 Å². The first-order valence-corrected chi connectivity index (χ1v) is 9.00. The molecule has 1 aliphatic heterocycles. The zero-order chi connectivity index (χ0) is 14.8. The number of nitrogens with one attached hydrogen (secondary N) is 1. The summed E-state index contributed by atoms with van der Waals surface area (Å²) in [5.41, 5.74) is 1.22. The summed E-state index contributed by atoms with van der Waals surface area (Å²) in [6.45, 7) is 5.16. The summed E-state index contributed by atoms with van der Waals surface area (Å²) in [7, 11) is -3.00. The van der Waals surface area contributed by atoms with E-state index >= 15 is 0 Å². The Balaban J connectivity index is 1.70. The second-order valence-electron chi connectivity index (χ2n) is 5.56. The second kappa shape index (κ2) is 6.43. The highest BCUT2D eigenvalue weighted by atomic mass is 35.5. The maximum absolute atomic E-state index is 11.3. The average Bonchev–Trinajstić information content (AvgIpc) is 2.30. The molecular formula is C14H21ClN2O2S. The zero-order valence-electron chi connectivity index (χ0n) is 11.8. The number of hydrogen-bond acceptors (Lipinski definition) is 3. The molecule has 4 nitrogen and oxygen atoms in total. The highest BCUT2D eigenvalue weighted by molar-refractivity contribution is 7.88. The van der Waals surface area contributed by atoms with Crippen LogP contribution >= 0.6 is 11.6 Å². The fraction of sp³-hybridized carbons (Fsp3) is 0.571. The van der Waals surface area contributed by atoms with E-state index in [2.05, 4.69) is 18.3 Å². The fourth-order valence-electron chi connectivity index (χ4n) is 2.36. The number of halogens is 1. The second-order valence-corrected chi connectivity index (χ2v) is 7.98. The van der Waals surface area contributed by atoms with Crippen molar-refractivity contribution < 1.29 is 8.42 Å². The lowest BCUT2D eigenvalue weighted by Gasteiger charge is -2.37. The summed E-state index contributed by atoms with van der Waals surface area (Å²) in [5.74, 6) is 0.816. The first-order chi connectivity index (χ1) is 9.36. The van der Waals surface area contributed by atoms with E-state index in [1.807, 2.05) is 18.2 Å². The van der Waals surface area contributed by atoms with Gasteiger partial charge in [-0.3, -0.25) is 0 Å². The van der Waals surface area contributed by atoms with Crippen LogP contribution < -0.4 is 5.32 Å². The Bertz CT molecular complexity index is 556. The topological polar surface area (TPSA) is 49.4 Å². The van der Waals surface area contributed by atoms with Gasteiger partial charge in [0.25, 0.3) is 0 Å². The SMILES string of the molecule is C[C@@H](CNCC1CN(S(C)(=O)=O)C1)c1cccc(Cl)c1. The van der Waals surface area contributed by atoms with Gasteiger partial charge in [0, 0.05) is 31.2 Å². The standard InChI is InChI=1S/C14H21ClN2O2S/c1-11(13-4-3-5-14(15)6-13)7-16-8-12-9-17(10-12)20(2,18)19/h3-6,11-12,16H,7-10H2,1-2H3/t11-/m0/s1. The third-order valence-electron chi connectivity index (χ3n) is 3.69. The molecule has 1 N–H and O–H groups in total. The molecule has 6 heteroatoms. The minimum Gasteiger partial charge on any atom is -0.316 e. The van der Waals surface area contributed by atoms with Gasteiger partial charge in [0.2, 0.25) is 10.0 Å². The van der Waals surface area contributed by atoms with Crippen molar-refractivity contribution in [2.24, 2.45) is 5.92 Å². The van der Waals surface area contributed by atoms with Gasteiger partial charge in [0.15, 0.2) is 0 Å². The van der Waals surface area contributed by atoms with E-state index in [0.717, 1.165) is 18.1 Å². The van der Waals surface area contributed by atoms with Crippen LogP contribution in [0.15, 0.2) is 24.3 Å². The maximum atomic E-state index is 11.3. The highest BCUT2D eigenvalue weighted by Crippen LogP contribution is 2.20. The molecule has 20 heavy (non-hydrogen) atoms. The molecule has 0 amide bonds. The van der Waals surface area contributed by atoms with E-state index in [9.17, 15) is 8.42 Å². The Labute approximate surface area is 126 Å². The summed E-state index contributed by atoms with van der Waals surface area (Å²) in [4.78, 5) is 0. The van der Waals surface area contributed by atoms with Crippen molar-refractivity contribution in [1.29, 1.82) is 0 Å².